The topological polar surface area (TPSA) is 69.8 Å². The molecule has 0 saturated carbocycles. The largest absolute Gasteiger partial charge is 0.333 e. The van der Waals surface area contributed by atoms with Crippen LogP contribution in [0.3, 0.4) is 0 Å². The third-order valence-corrected chi connectivity index (χ3v) is 5.03. The summed E-state index contributed by atoms with van der Waals surface area (Å²) in [5, 5.41) is 3.02. The molecule has 4 aromatic rings. The molecule has 0 spiro atoms. The van der Waals surface area contributed by atoms with E-state index in [1.165, 1.54) is 17.1 Å². The number of benzene rings is 3. The van der Waals surface area contributed by atoms with Gasteiger partial charge in [-0.25, -0.2) is 4.98 Å². The van der Waals surface area contributed by atoms with Gasteiger partial charge in [-0.15, -0.1) is 0 Å². The number of rotatable bonds is 6. The van der Waals surface area contributed by atoms with Gasteiger partial charge in [0.05, 0.1) is 22.5 Å². The van der Waals surface area contributed by atoms with Crippen molar-refractivity contribution in [2.24, 2.45) is 0 Å². The van der Waals surface area contributed by atoms with Crippen molar-refractivity contribution in [3.05, 3.63) is 78.9 Å². The molecule has 27 heavy (non-hydrogen) atoms. The van der Waals surface area contributed by atoms with E-state index in [4.69, 9.17) is 0 Å². The second kappa shape index (κ2) is 7.55. The van der Waals surface area contributed by atoms with Crippen LogP contribution in [0.15, 0.2) is 78.5 Å². The Bertz CT molecular complexity index is 1100. The third-order valence-electron chi connectivity index (χ3n) is 4.16. The molecule has 0 unspecified atom stereocenters. The zero-order valence-electron chi connectivity index (χ0n) is 14.5. The molecule has 0 fully saturated rings. The van der Waals surface area contributed by atoms with Crippen molar-refractivity contribution in [1.82, 2.24) is 20.8 Å². The van der Waals surface area contributed by atoms with Gasteiger partial charge in [0.2, 0.25) is 5.91 Å². The number of H-pyrrole nitrogens is 1. The number of hydrogen-bond acceptors (Lipinski definition) is 4. The second-order valence-electron chi connectivity index (χ2n) is 6.06. The van der Waals surface area contributed by atoms with E-state index < -0.39 is 0 Å². The predicted octanol–water partition coefficient (Wildman–Crippen LogP) is 4.10. The van der Waals surface area contributed by atoms with Crippen molar-refractivity contribution in [2.75, 3.05) is 5.75 Å². The van der Waals surface area contributed by atoms with E-state index in [9.17, 15) is 4.79 Å². The van der Waals surface area contributed by atoms with E-state index in [2.05, 4.69) is 39.5 Å². The molecule has 6 heteroatoms. The van der Waals surface area contributed by atoms with Gasteiger partial charge in [0.1, 0.15) is 0 Å². The molecule has 1 amide bonds. The highest BCUT2D eigenvalue weighted by molar-refractivity contribution is 7.99. The number of para-hydroxylation sites is 2. The molecule has 134 valence electrons. The summed E-state index contributed by atoms with van der Waals surface area (Å²) in [6.45, 7) is 4.00. The summed E-state index contributed by atoms with van der Waals surface area (Å²) >= 11 is 1.36. The summed E-state index contributed by atoms with van der Waals surface area (Å²) in [5.74, 6) is 0.0973. The number of imidazole rings is 1. The molecule has 0 aliphatic carbocycles. The zero-order chi connectivity index (χ0) is 18.6. The van der Waals surface area contributed by atoms with Crippen LogP contribution in [0.25, 0.3) is 27.5 Å². The Morgan fingerprint density at radius 1 is 1.00 bits per heavy atom. The molecule has 3 aromatic carbocycles. The van der Waals surface area contributed by atoms with Crippen molar-refractivity contribution in [3.63, 3.8) is 0 Å². The molecule has 0 aliphatic heterocycles. The normalized spacial score (nSPS) is 10.8. The number of nitrogens with one attached hydrogen (secondary N) is 3. The third kappa shape index (κ3) is 3.96. The minimum atomic E-state index is -0.151. The van der Waals surface area contributed by atoms with E-state index in [1.54, 1.807) is 0 Å². The van der Waals surface area contributed by atoms with Gasteiger partial charge in [0.15, 0.2) is 5.16 Å². The van der Waals surface area contributed by atoms with Crippen LogP contribution in [-0.2, 0) is 4.79 Å². The number of amides is 1. The number of hydrazine groups is 1. The van der Waals surface area contributed by atoms with Crippen LogP contribution in [0.1, 0.15) is 5.56 Å². The highest BCUT2D eigenvalue weighted by Gasteiger charge is 2.07. The Kier molecular flexibility index (Phi) is 4.80. The van der Waals surface area contributed by atoms with Crippen LogP contribution in [0.5, 0.6) is 0 Å². The molecular weight excluding hydrogens is 356 g/mol. The first kappa shape index (κ1) is 17.2. The van der Waals surface area contributed by atoms with Crippen molar-refractivity contribution in [3.8, 4) is 0 Å². The van der Waals surface area contributed by atoms with Crippen LogP contribution < -0.4 is 10.9 Å². The number of hydrogen-bond donors (Lipinski definition) is 3. The van der Waals surface area contributed by atoms with Crippen LogP contribution in [0.2, 0.25) is 0 Å². The van der Waals surface area contributed by atoms with Gasteiger partial charge in [-0.3, -0.25) is 15.6 Å². The van der Waals surface area contributed by atoms with Crippen LogP contribution in [-0.4, -0.2) is 21.6 Å². The number of carbonyl (C=O) groups is 1. The second-order valence-corrected chi connectivity index (χ2v) is 7.03. The average Bonchev–Trinajstić information content (AvgIpc) is 3.13. The Hall–Kier alpha value is -3.25. The maximum Gasteiger partial charge on any atom is 0.248 e. The minimum absolute atomic E-state index is 0.151. The molecule has 1 heterocycles. The first-order valence-electron chi connectivity index (χ1n) is 8.49. The van der Waals surface area contributed by atoms with Gasteiger partial charge >= 0.3 is 0 Å². The van der Waals surface area contributed by atoms with Crippen molar-refractivity contribution < 1.29 is 4.79 Å². The molecule has 0 bridgehead atoms. The van der Waals surface area contributed by atoms with Gasteiger partial charge < -0.3 is 4.98 Å². The van der Waals surface area contributed by atoms with Gasteiger partial charge in [-0.1, -0.05) is 66.9 Å². The van der Waals surface area contributed by atoms with Crippen LogP contribution >= 0.6 is 11.8 Å². The highest BCUT2D eigenvalue weighted by atomic mass is 32.2. The number of nitrogens with zero attached hydrogens (tertiary/aromatic N) is 1. The Balaban J connectivity index is 1.32. The predicted molar refractivity (Wildman–Crippen MR) is 111 cm³/mol. The summed E-state index contributed by atoms with van der Waals surface area (Å²) in [6, 6.07) is 22.0. The Labute approximate surface area is 160 Å². The molecule has 1 aromatic heterocycles. The maximum absolute atomic E-state index is 12.1. The van der Waals surface area contributed by atoms with Gasteiger partial charge in [0, 0.05) is 0 Å². The minimum Gasteiger partial charge on any atom is -0.333 e. The molecule has 0 atom stereocenters. The Morgan fingerprint density at radius 3 is 2.63 bits per heavy atom. The summed E-state index contributed by atoms with van der Waals surface area (Å²) in [5.41, 5.74) is 8.99. The molecule has 0 radical (unpaired) electrons. The number of fused-ring (bicyclic) bond motifs is 2. The maximum atomic E-state index is 12.1. The van der Waals surface area contributed by atoms with Crippen LogP contribution in [0.4, 0.5) is 0 Å². The van der Waals surface area contributed by atoms with Gasteiger partial charge in [0.25, 0.3) is 0 Å². The summed E-state index contributed by atoms with van der Waals surface area (Å²) in [7, 11) is 0. The lowest BCUT2D eigenvalue weighted by atomic mass is 10.1. The number of carbonyl (C=O) groups excluding carboxylic acids is 1. The fraction of sp³-hybridized carbons (Fsp3) is 0.0476. The number of aromatic amines is 1. The van der Waals surface area contributed by atoms with E-state index in [0.717, 1.165) is 27.1 Å². The lowest BCUT2D eigenvalue weighted by Crippen LogP contribution is -2.37. The summed E-state index contributed by atoms with van der Waals surface area (Å²) in [6.07, 6.45) is 0. The lowest BCUT2D eigenvalue weighted by Gasteiger charge is -2.11. The van der Waals surface area contributed by atoms with Crippen LogP contribution in [0, 0.1) is 0 Å². The van der Waals surface area contributed by atoms with Gasteiger partial charge in [-0.05, 0) is 34.5 Å². The fourth-order valence-electron chi connectivity index (χ4n) is 2.76. The molecule has 5 nitrogen and oxygen atoms in total. The molecule has 0 aliphatic rings. The highest BCUT2D eigenvalue weighted by Crippen LogP contribution is 2.20. The zero-order valence-corrected chi connectivity index (χ0v) is 15.3. The van der Waals surface area contributed by atoms with E-state index in [0.29, 0.717) is 5.70 Å². The monoisotopic (exact) mass is 374 g/mol. The average molecular weight is 374 g/mol. The lowest BCUT2D eigenvalue weighted by molar-refractivity contribution is -0.119. The molecule has 3 N–H and O–H groups in total. The summed E-state index contributed by atoms with van der Waals surface area (Å²) in [4.78, 5) is 19.7. The van der Waals surface area contributed by atoms with Gasteiger partial charge in [-0.2, -0.15) is 0 Å². The van der Waals surface area contributed by atoms with E-state index in [-0.39, 0.29) is 11.7 Å². The SMILES string of the molecule is C=C(NNC(=O)CSc1nc2ccccc2[nH]1)c1ccc2ccccc2c1. The number of thioether (sulfide) groups is 1. The van der Waals surface area contributed by atoms with Crippen molar-refractivity contribution >= 4 is 45.2 Å². The molecular formula is C21H18N4OS. The van der Waals surface area contributed by atoms with E-state index >= 15 is 0 Å². The van der Waals surface area contributed by atoms with Crippen molar-refractivity contribution in [2.45, 2.75) is 5.16 Å². The van der Waals surface area contributed by atoms with Crippen molar-refractivity contribution in [1.29, 1.82) is 0 Å². The first-order valence-corrected chi connectivity index (χ1v) is 9.48. The quantitative estimate of drug-likeness (QED) is 0.351. The first-order chi connectivity index (χ1) is 13.2. The molecule has 0 saturated heterocycles. The smallest absolute Gasteiger partial charge is 0.248 e. The number of aromatic nitrogens is 2. The van der Waals surface area contributed by atoms with E-state index in [1.807, 2.05) is 54.6 Å². The molecule has 4 rings (SSSR count). The standard InChI is InChI=1S/C21H18N4OS/c1-14(16-11-10-15-6-2-3-7-17(15)12-16)24-25-20(26)13-27-21-22-18-8-4-5-9-19(18)23-21/h2-12,24H,1,13H2,(H,22,23)(H,25,26). The summed E-state index contributed by atoms with van der Waals surface area (Å²) < 4.78 is 0. The Morgan fingerprint density at radius 2 is 1.78 bits per heavy atom. The fourth-order valence-corrected chi connectivity index (χ4v) is 3.45.